The SMILES string of the molecule is CCC(CNC(=O)Nc1nc2ccc(Cl)cc2s1)C(=O)O. The number of carbonyl (C=O) groups is 2. The first-order valence-electron chi connectivity index (χ1n) is 6.33. The average molecular weight is 328 g/mol. The maximum atomic E-state index is 11.7. The van der Waals surface area contributed by atoms with Gasteiger partial charge < -0.3 is 10.4 Å². The third-order valence-corrected chi connectivity index (χ3v) is 4.09. The molecule has 21 heavy (non-hydrogen) atoms. The van der Waals surface area contributed by atoms with Gasteiger partial charge in [-0.25, -0.2) is 9.78 Å². The first-order valence-corrected chi connectivity index (χ1v) is 7.52. The number of amides is 2. The van der Waals surface area contributed by atoms with Gasteiger partial charge in [0.25, 0.3) is 0 Å². The van der Waals surface area contributed by atoms with E-state index >= 15 is 0 Å². The number of carboxylic acid groups (broad SMARTS) is 1. The van der Waals surface area contributed by atoms with Gasteiger partial charge in [-0.1, -0.05) is 29.9 Å². The summed E-state index contributed by atoms with van der Waals surface area (Å²) in [6.45, 7) is 1.84. The number of urea groups is 1. The Balaban J connectivity index is 1.96. The lowest BCUT2D eigenvalue weighted by molar-refractivity contribution is -0.141. The zero-order valence-corrected chi connectivity index (χ0v) is 12.8. The lowest BCUT2D eigenvalue weighted by atomic mass is 10.1. The maximum Gasteiger partial charge on any atom is 0.321 e. The molecule has 1 aromatic carbocycles. The number of carbonyl (C=O) groups excluding carboxylic acids is 1. The normalized spacial score (nSPS) is 12.1. The van der Waals surface area contributed by atoms with E-state index in [4.69, 9.17) is 16.7 Å². The number of fused-ring (bicyclic) bond motifs is 1. The quantitative estimate of drug-likeness (QED) is 0.786. The summed E-state index contributed by atoms with van der Waals surface area (Å²) in [5, 5.41) is 15.1. The first kappa shape index (κ1) is 15.5. The summed E-state index contributed by atoms with van der Waals surface area (Å²) in [5.41, 5.74) is 0.747. The first-order chi connectivity index (χ1) is 9.99. The van der Waals surface area contributed by atoms with E-state index in [1.165, 1.54) is 11.3 Å². The number of nitrogens with one attached hydrogen (secondary N) is 2. The molecule has 0 fully saturated rings. The van der Waals surface area contributed by atoms with E-state index in [0.717, 1.165) is 10.2 Å². The number of aliphatic carboxylic acids is 1. The van der Waals surface area contributed by atoms with E-state index in [1.807, 2.05) is 0 Å². The van der Waals surface area contributed by atoms with E-state index in [9.17, 15) is 9.59 Å². The Hall–Kier alpha value is -1.86. The van der Waals surface area contributed by atoms with Crippen molar-refractivity contribution >= 4 is 50.3 Å². The predicted octanol–water partition coefficient (Wildman–Crippen LogP) is 3.18. The Kier molecular flexibility index (Phi) is 4.98. The highest BCUT2D eigenvalue weighted by molar-refractivity contribution is 7.22. The van der Waals surface area contributed by atoms with Gasteiger partial charge in [-0.15, -0.1) is 0 Å². The molecule has 8 heteroatoms. The van der Waals surface area contributed by atoms with Crippen LogP contribution in [0.4, 0.5) is 9.93 Å². The standard InChI is InChI=1S/C13H14ClN3O3S/c1-2-7(11(18)19)6-15-12(20)17-13-16-9-4-3-8(14)5-10(9)21-13/h3-5,7H,2,6H2,1H3,(H,18,19)(H2,15,16,17,20). The molecule has 0 radical (unpaired) electrons. The molecule has 1 heterocycles. The van der Waals surface area contributed by atoms with Gasteiger partial charge in [0.05, 0.1) is 16.1 Å². The van der Waals surface area contributed by atoms with Gasteiger partial charge >= 0.3 is 12.0 Å². The molecular weight excluding hydrogens is 314 g/mol. The topological polar surface area (TPSA) is 91.3 Å². The van der Waals surface area contributed by atoms with Crippen LogP contribution in [0.3, 0.4) is 0 Å². The number of aromatic nitrogens is 1. The van der Waals surface area contributed by atoms with Crippen LogP contribution in [0.2, 0.25) is 5.02 Å². The van der Waals surface area contributed by atoms with Gasteiger partial charge in [0.15, 0.2) is 5.13 Å². The van der Waals surface area contributed by atoms with E-state index in [0.29, 0.717) is 16.6 Å². The van der Waals surface area contributed by atoms with Gasteiger partial charge in [-0.3, -0.25) is 10.1 Å². The summed E-state index contributed by atoms with van der Waals surface area (Å²) >= 11 is 7.19. The van der Waals surface area contributed by atoms with Crippen LogP contribution in [0.5, 0.6) is 0 Å². The van der Waals surface area contributed by atoms with Gasteiger partial charge in [-0.2, -0.15) is 0 Å². The molecule has 2 aromatic rings. The Bertz CT molecular complexity index is 674. The van der Waals surface area contributed by atoms with Crippen molar-refractivity contribution in [2.75, 3.05) is 11.9 Å². The van der Waals surface area contributed by atoms with Crippen LogP contribution in [0.25, 0.3) is 10.2 Å². The van der Waals surface area contributed by atoms with E-state index in [2.05, 4.69) is 15.6 Å². The van der Waals surface area contributed by atoms with Gasteiger partial charge in [0.2, 0.25) is 0 Å². The smallest absolute Gasteiger partial charge is 0.321 e. The lowest BCUT2D eigenvalue weighted by Gasteiger charge is -2.10. The molecule has 2 amide bonds. The molecule has 2 rings (SSSR count). The molecule has 6 nitrogen and oxygen atoms in total. The fourth-order valence-corrected chi connectivity index (χ4v) is 2.85. The number of anilines is 1. The van der Waals surface area contributed by atoms with Crippen molar-refractivity contribution in [1.82, 2.24) is 10.3 Å². The van der Waals surface area contributed by atoms with Gasteiger partial charge in [-0.05, 0) is 24.6 Å². The van der Waals surface area contributed by atoms with Crippen molar-refractivity contribution < 1.29 is 14.7 Å². The molecule has 1 atom stereocenters. The molecule has 0 aliphatic carbocycles. The number of carboxylic acids is 1. The second-order valence-corrected chi connectivity index (χ2v) is 5.88. The molecule has 1 aromatic heterocycles. The van der Waals surface area contributed by atoms with Crippen LogP contribution in [0.15, 0.2) is 18.2 Å². The summed E-state index contributed by atoms with van der Waals surface area (Å²) in [4.78, 5) is 26.8. The van der Waals surface area contributed by atoms with Crippen molar-refractivity contribution in [3.63, 3.8) is 0 Å². The highest BCUT2D eigenvalue weighted by Crippen LogP contribution is 2.28. The zero-order chi connectivity index (χ0) is 15.4. The summed E-state index contributed by atoms with van der Waals surface area (Å²) in [6.07, 6.45) is 0.454. The molecule has 0 saturated heterocycles. The highest BCUT2D eigenvalue weighted by Gasteiger charge is 2.16. The third-order valence-electron chi connectivity index (χ3n) is 2.92. The Morgan fingerprint density at radius 1 is 1.48 bits per heavy atom. The van der Waals surface area contributed by atoms with Crippen LogP contribution >= 0.6 is 22.9 Å². The molecule has 112 valence electrons. The Morgan fingerprint density at radius 2 is 2.24 bits per heavy atom. The van der Waals surface area contributed by atoms with Crippen molar-refractivity contribution in [3.05, 3.63) is 23.2 Å². The minimum Gasteiger partial charge on any atom is -0.481 e. The number of hydrogen-bond acceptors (Lipinski definition) is 4. The summed E-state index contributed by atoms with van der Waals surface area (Å²) in [7, 11) is 0. The van der Waals surface area contributed by atoms with E-state index < -0.39 is 17.9 Å². The van der Waals surface area contributed by atoms with Gasteiger partial charge in [0.1, 0.15) is 0 Å². The molecule has 3 N–H and O–H groups in total. The number of thiazole rings is 1. The minimum absolute atomic E-state index is 0.0778. The van der Waals surface area contributed by atoms with Crippen molar-refractivity contribution in [3.8, 4) is 0 Å². The molecule has 1 unspecified atom stereocenters. The van der Waals surface area contributed by atoms with E-state index in [-0.39, 0.29) is 6.54 Å². The Morgan fingerprint density at radius 3 is 2.90 bits per heavy atom. The average Bonchev–Trinajstić information content (AvgIpc) is 2.80. The van der Waals surface area contributed by atoms with E-state index in [1.54, 1.807) is 25.1 Å². The Labute approximate surface area is 130 Å². The number of halogens is 1. The molecule has 0 aliphatic rings. The number of nitrogens with zero attached hydrogens (tertiary/aromatic N) is 1. The molecule has 0 aliphatic heterocycles. The molecule has 0 spiro atoms. The minimum atomic E-state index is -0.924. The lowest BCUT2D eigenvalue weighted by Crippen LogP contribution is -2.35. The van der Waals surface area contributed by atoms with Crippen LogP contribution in [0, 0.1) is 5.92 Å². The zero-order valence-electron chi connectivity index (χ0n) is 11.2. The maximum absolute atomic E-state index is 11.7. The number of rotatable bonds is 5. The molecule has 0 bridgehead atoms. The largest absolute Gasteiger partial charge is 0.481 e. The summed E-state index contributed by atoms with van der Waals surface area (Å²) in [6, 6.07) is 4.80. The van der Waals surface area contributed by atoms with Crippen LogP contribution in [-0.4, -0.2) is 28.6 Å². The monoisotopic (exact) mass is 327 g/mol. The van der Waals surface area contributed by atoms with Gasteiger partial charge in [0, 0.05) is 11.6 Å². The predicted molar refractivity (Wildman–Crippen MR) is 83.1 cm³/mol. The summed E-state index contributed by atoms with van der Waals surface area (Å²) < 4.78 is 0.870. The van der Waals surface area contributed by atoms with Crippen LogP contribution < -0.4 is 10.6 Å². The molecule has 0 saturated carbocycles. The number of hydrogen-bond donors (Lipinski definition) is 3. The number of benzene rings is 1. The van der Waals surface area contributed by atoms with Crippen LogP contribution in [-0.2, 0) is 4.79 Å². The highest BCUT2D eigenvalue weighted by atomic mass is 35.5. The fraction of sp³-hybridized carbons (Fsp3) is 0.308. The third kappa shape index (κ3) is 4.05. The fourth-order valence-electron chi connectivity index (χ4n) is 1.72. The molecular formula is C13H14ClN3O3S. The van der Waals surface area contributed by atoms with Crippen molar-refractivity contribution in [1.29, 1.82) is 0 Å². The second-order valence-electron chi connectivity index (χ2n) is 4.41. The van der Waals surface area contributed by atoms with Crippen molar-refractivity contribution in [2.45, 2.75) is 13.3 Å². The van der Waals surface area contributed by atoms with Crippen molar-refractivity contribution in [2.24, 2.45) is 5.92 Å². The second kappa shape index (κ2) is 6.73. The summed E-state index contributed by atoms with van der Waals surface area (Å²) in [5.74, 6) is -1.52. The van der Waals surface area contributed by atoms with Crippen LogP contribution in [0.1, 0.15) is 13.3 Å².